The first-order valence-electron chi connectivity index (χ1n) is 23.8. The number of nitrogens with zero attached hydrogens (tertiary/aromatic N) is 8. The molecule has 3 aromatic heterocycles. The molecule has 0 aliphatic carbocycles. The minimum atomic E-state index is -0.446. The standard InChI is InChI=1S/C25H24FN5O.C22H27N5O3.C5H11N/c1-14-5-3-6-15-7-4-8-18(20(14)15)22-21(26)23-19(11-27-22)24(30-25(29-23)32-2)31-12-16-9-10-17(13-31)28-16;1-14(2)17-11-18(20(29)12-19(17)28)21-24-25-22(30)27(21)16-5-3-15(4-6-16)13-26-9-7-23-8-10-26;1-6-4-2-3-5-6/h3-8,11,16-17,28H,9-10,12-13H2,1-2H3;3-6,11-12,14,23,28-29H,7-10,13H2,1-2H3,(H,25,30);2-5H2,1H3. The van der Waals surface area contributed by atoms with Crippen LogP contribution in [0.3, 0.4) is 0 Å². The van der Waals surface area contributed by atoms with Gasteiger partial charge in [0, 0.05) is 75.7 Å². The average molecular weight is 924 g/mol. The first-order chi connectivity index (χ1) is 32.9. The summed E-state index contributed by atoms with van der Waals surface area (Å²) < 4.78 is 22.8. The zero-order chi connectivity index (χ0) is 47.5. The Bertz CT molecular complexity index is 2930. The molecule has 356 valence electrons. The molecule has 4 fully saturated rings. The number of H-pyrrole nitrogens is 1. The summed E-state index contributed by atoms with van der Waals surface area (Å²) in [6.07, 6.45) is 6.84. The van der Waals surface area contributed by atoms with Gasteiger partial charge >= 0.3 is 11.7 Å². The highest BCUT2D eigenvalue weighted by atomic mass is 19.1. The summed E-state index contributed by atoms with van der Waals surface area (Å²) in [5.74, 6) is 0.484. The molecule has 7 heterocycles. The van der Waals surface area contributed by atoms with Crippen molar-refractivity contribution in [3.63, 3.8) is 0 Å². The zero-order valence-electron chi connectivity index (χ0n) is 39.6. The third-order valence-electron chi connectivity index (χ3n) is 13.5. The maximum atomic E-state index is 16.0. The number of methoxy groups -OCH3 is 1. The Kier molecular flexibility index (Phi) is 14.0. The number of nitrogens with one attached hydrogen (secondary N) is 3. The maximum Gasteiger partial charge on any atom is 0.348 e. The van der Waals surface area contributed by atoms with Crippen LogP contribution in [-0.2, 0) is 6.54 Å². The number of phenolic OH excluding ortho intramolecular Hbond substituents is 2. The molecule has 11 rings (SSSR count). The van der Waals surface area contributed by atoms with E-state index in [4.69, 9.17) is 4.74 Å². The second-order valence-corrected chi connectivity index (χ2v) is 18.7. The average Bonchev–Trinajstić information content (AvgIpc) is 4.08. The van der Waals surface area contributed by atoms with Gasteiger partial charge in [0.25, 0.3) is 0 Å². The number of phenols is 2. The van der Waals surface area contributed by atoms with Gasteiger partial charge < -0.3 is 35.4 Å². The molecule has 7 aromatic rings. The third-order valence-corrected chi connectivity index (χ3v) is 13.5. The minimum Gasteiger partial charge on any atom is -0.508 e. The number of aromatic nitrogens is 6. The molecule has 4 aliphatic rings. The highest BCUT2D eigenvalue weighted by molar-refractivity contribution is 6.00. The Labute approximate surface area is 396 Å². The first-order valence-corrected chi connectivity index (χ1v) is 23.8. The van der Waals surface area contributed by atoms with Crippen LogP contribution in [0, 0.1) is 12.7 Å². The Morgan fingerprint density at radius 3 is 2.25 bits per heavy atom. The van der Waals surface area contributed by atoms with Crippen LogP contribution in [-0.4, -0.2) is 128 Å². The normalized spacial score (nSPS) is 18.4. The number of ether oxygens (including phenoxy) is 1. The summed E-state index contributed by atoms with van der Waals surface area (Å²) in [4.78, 5) is 33.1. The van der Waals surface area contributed by atoms with Crippen LogP contribution in [0.25, 0.3) is 50.0 Å². The fraction of sp³-hybridized carbons (Fsp3) is 0.404. The van der Waals surface area contributed by atoms with Crippen molar-refractivity contribution in [2.75, 3.05) is 71.4 Å². The summed E-state index contributed by atoms with van der Waals surface area (Å²) in [5, 5.41) is 36.8. The lowest BCUT2D eigenvalue weighted by molar-refractivity contribution is 0.233. The van der Waals surface area contributed by atoms with Gasteiger partial charge in [-0.1, -0.05) is 62.4 Å². The number of hydrogen-bond acceptors (Lipinski definition) is 13. The fourth-order valence-electron chi connectivity index (χ4n) is 9.94. The fourth-order valence-corrected chi connectivity index (χ4v) is 9.94. The molecule has 16 heteroatoms. The third kappa shape index (κ3) is 9.90. The Balaban J connectivity index is 0.000000151. The Morgan fingerprint density at radius 2 is 1.59 bits per heavy atom. The lowest BCUT2D eigenvalue weighted by Gasteiger charge is -2.34. The molecule has 4 aliphatic heterocycles. The van der Waals surface area contributed by atoms with Gasteiger partial charge in [0.1, 0.15) is 28.5 Å². The second kappa shape index (κ2) is 20.4. The van der Waals surface area contributed by atoms with Crippen LogP contribution in [0.5, 0.6) is 17.5 Å². The number of rotatable bonds is 8. The number of halogens is 1. The highest BCUT2D eigenvalue weighted by Gasteiger charge is 2.34. The quantitative estimate of drug-likeness (QED) is 0.104. The van der Waals surface area contributed by atoms with Gasteiger partial charge in [-0.2, -0.15) is 15.1 Å². The van der Waals surface area contributed by atoms with Gasteiger partial charge in [0.05, 0.1) is 23.7 Å². The molecule has 5 N–H and O–H groups in total. The van der Waals surface area contributed by atoms with Crippen molar-refractivity contribution in [1.29, 1.82) is 0 Å². The summed E-state index contributed by atoms with van der Waals surface area (Å²) >= 11 is 0. The molecule has 0 saturated carbocycles. The van der Waals surface area contributed by atoms with E-state index in [1.165, 1.54) is 49.2 Å². The van der Waals surface area contributed by atoms with Gasteiger partial charge in [0.2, 0.25) is 0 Å². The van der Waals surface area contributed by atoms with Crippen molar-refractivity contribution in [2.45, 2.75) is 71.0 Å². The number of aromatic amines is 1. The number of hydrogen-bond donors (Lipinski definition) is 5. The van der Waals surface area contributed by atoms with Crippen molar-refractivity contribution in [3.8, 4) is 45.8 Å². The molecule has 2 bridgehead atoms. The molecule has 0 amide bonds. The molecule has 4 saturated heterocycles. The number of piperazine rings is 2. The smallest absolute Gasteiger partial charge is 0.348 e. The topological polar surface area (TPSA) is 173 Å². The molecule has 2 unspecified atom stereocenters. The number of pyridine rings is 1. The Morgan fingerprint density at radius 1 is 0.882 bits per heavy atom. The van der Waals surface area contributed by atoms with E-state index >= 15 is 4.39 Å². The molecule has 15 nitrogen and oxygen atoms in total. The van der Waals surface area contributed by atoms with Crippen molar-refractivity contribution < 1.29 is 19.3 Å². The van der Waals surface area contributed by atoms with E-state index in [1.54, 1.807) is 12.3 Å². The van der Waals surface area contributed by atoms with Crippen molar-refractivity contribution >= 4 is 27.5 Å². The van der Waals surface area contributed by atoms with E-state index in [0.29, 0.717) is 51.6 Å². The van der Waals surface area contributed by atoms with E-state index < -0.39 is 11.5 Å². The number of fused-ring (bicyclic) bond motifs is 4. The van der Waals surface area contributed by atoms with Gasteiger partial charge in [-0.05, 0) is 104 Å². The lowest BCUT2D eigenvalue weighted by Crippen LogP contribution is -2.51. The molecule has 0 spiro atoms. The monoisotopic (exact) mass is 923 g/mol. The molecule has 68 heavy (non-hydrogen) atoms. The van der Waals surface area contributed by atoms with Gasteiger partial charge in [-0.15, -0.1) is 0 Å². The maximum absolute atomic E-state index is 16.0. The van der Waals surface area contributed by atoms with E-state index in [2.05, 4.69) is 57.5 Å². The van der Waals surface area contributed by atoms with Crippen LogP contribution in [0.1, 0.15) is 62.1 Å². The number of likely N-dealkylation sites (tertiary alicyclic amines) is 1. The number of benzene rings is 4. The summed E-state index contributed by atoms with van der Waals surface area (Å²) in [6, 6.07) is 23.8. The van der Waals surface area contributed by atoms with E-state index in [0.717, 1.165) is 80.6 Å². The summed E-state index contributed by atoms with van der Waals surface area (Å²) in [5.41, 5.74) is 4.89. The zero-order valence-corrected chi connectivity index (χ0v) is 39.6. The Hall–Kier alpha value is -6.46. The van der Waals surface area contributed by atoms with Crippen LogP contribution in [0.4, 0.5) is 10.2 Å². The number of aromatic hydroxyl groups is 2. The second-order valence-electron chi connectivity index (χ2n) is 18.7. The SMILES string of the molecule is CC(C)c1cc(-c2n[nH]c(=O)n2-c2ccc(CN3CCNCC3)cc2)c(O)cc1O.CN1CCCC1.COc1nc(N2CC3CCC(C2)N3)c2cnc(-c3cccc4cccc(C)c34)c(F)c2n1. The molecule has 0 radical (unpaired) electrons. The van der Waals surface area contributed by atoms with Gasteiger partial charge in [-0.3, -0.25) is 9.88 Å². The van der Waals surface area contributed by atoms with Gasteiger partial charge in [0.15, 0.2) is 11.6 Å². The highest BCUT2D eigenvalue weighted by Crippen LogP contribution is 2.39. The van der Waals surface area contributed by atoms with Gasteiger partial charge in [-0.25, -0.2) is 18.9 Å². The van der Waals surface area contributed by atoms with Crippen LogP contribution in [0.15, 0.2) is 83.8 Å². The molecule has 2 atom stereocenters. The van der Waals surface area contributed by atoms with Crippen LogP contribution in [0.2, 0.25) is 0 Å². The van der Waals surface area contributed by atoms with E-state index in [-0.39, 0.29) is 28.9 Å². The van der Waals surface area contributed by atoms with E-state index in [1.807, 2.05) is 81.4 Å². The number of anilines is 1. The summed E-state index contributed by atoms with van der Waals surface area (Å²) in [7, 11) is 3.69. The van der Waals surface area contributed by atoms with Crippen LogP contribution < -0.4 is 26.0 Å². The molecule has 4 aromatic carbocycles. The first kappa shape index (κ1) is 46.6. The largest absolute Gasteiger partial charge is 0.508 e. The minimum absolute atomic E-state index is 0.0212. The summed E-state index contributed by atoms with van der Waals surface area (Å²) in [6.45, 7) is 15.1. The van der Waals surface area contributed by atoms with Crippen molar-refractivity contribution in [2.24, 2.45) is 0 Å². The van der Waals surface area contributed by atoms with E-state index in [9.17, 15) is 15.0 Å². The predicted octanol–water partition coefficient (Wildman–Crippen LogP) is 7.12. The van der Waals surface area contributed by atoms with Crippen LogP contribution >= 0.6 is 0 Å². The van der Waals surface area contributed by atoms with Crippen molar-refractivity contribution in [3.05, 3.63) is 112 Å². The number of aryl methyl sites for hydroxylation is 1. The predicted molar refractivity (Wildman–Crippen MR) is 266 cm³/mol. The molecular formula is C52H62FN11O4. The lowest BCUT2D eigenvalue weighted by atomic mass is 9.97. The molecular weight excluding hydrogens is 862 g/mol. The van der Waals surface area contributed by atoms with Crippen molar-refractivity contribution in [1.82, 2.24) is 50.1 Å².